The van der Waals surface area contributed by atoms with Crippen LogP contribution in [0, 0.1) is 5.92 Å². The predicted octanol–water partition coefficient (Wildman–Crippen LogP) is 3.54. The second kappa shape index (κ2) is 5.31. The minimum absolute atomic E-state index is 0.0453. The van der Waals surface area contributed by atoms with Crippen molar-refractivity contribution in [3.63, 3.8) is 0 Å². The number of hydrogen-bond acceptors (Lipinski definition) is 2. The molecule has 1 heterocycles. The first-order valence-electron chi connectivity index (χ1n) is 6.98. The van der Waals surface area contributed by atoms with Crippen LogP contribution in [0.15, 0.2) is 18.2 Å². The Bertz CT molecular complexity index is 410. The maximum absolute atomic E-state index is 6.06. The lowest BCUT2D eigenvalue weighted by Crippen LogP contribution is -2.25. The Kier molecular flexibility index (Phi) is 3.96. The van der Waals surface area contributed by atoms with Crippen LogP contribution in [-0.2, 0) is 13.0 Å². The van der Waals surface area contributed by atoms with Gasteiger partial charge in [0.25, 0.3) is 0 Å². The van der Waals surface area contributed by atoms with Gasteiger partial charge in [0.15, 0.2) is 0 Å². The molecule has 0 unspecified atom stereocenters. The number of nitrogens with one attached hydrogen (secondary N) is 1. The molecule has 0 aromatic heterocycles. The molecular weight excluding hydrogens is 222 g/mol. The molecule has 18 heavy (non-hydrogen) atoms. The van der Waals surface area contributed by atoms with Gasteiger partial charge in [0, 0.05) is 18.5 Å². The molecule has 0 saturated carbocycles. The third-order valence-corrected chi connectivity index (χ3v) is 3.39. The molecule has 0 radical (unpaired) electrons. The molecule has 0 bridgehead atoms. The van der Waals surface area contributed by atoms with Gasteiger partial charge in [-0.15, -0.1) is 0 Å². The first-order valence-corrected chi connectivity index (χ1v) is 6.98. The van der Waals surface area contributed by atoms with E-state index in [9.17, 15) is 0 Å². The van der Waals surface area contributed by atoms with Gasteiger partial charge in [-0.3, -0.25) is 0 Å². The standard InChI is InChI=1S/C16H25NO/c1-12(2)8-9-17-11-14-7-5-6-13-10-16(3,4)18-15(13)14/h5-7,12,17H,8-11H2,1-4H3. The predicted molar refractivity (Wildman–Crippen MR) is 76.0 cm³/mol. The van der Waals surface area contributed by atoms with E-state index in [1.54, 1.807) is 0 Å². The number of para-hydroxylation sites is 1. The normalized spacial score (nSPS) is 16.7. The van der Waals surface area contributed by atoms with Crippen molar-refractivity contribution >= 4 is 0 Å². The highest BCUT2D eigenvalue weighted by Gasteiger charge is 2.31. The summed E-state index contributed by atoms with van der Waals surface area (Å²) in [5.41, 5.74) is 2.60. The van der Waals surface area contributed by atoms with E-state index in [1.807, 2.05) is 0 Å². The van der Waals surface area contributed by atoms with Crippen LogP contribution in [0.2, 0.25) is 0 Å². The number of fused-ring (bicyclic) bond motifs is 1. The van der Waals surface area contributed by atoms with E-state index in [4.69, 9.17) is 4.74 Å². The zero-order valence-electron chi connectivity index (χ0n) is 12.0. The van der Waals surface area contributed by atoms with E-state index in [1.165, 1.54) is 17.5 Å². The fourth-order valence-corrected chi connectivity index (χ4v) is 2.43. The second-order valence-corrected chi connectivity index (χ2v) is 6.30. The zero-order chi connectivity index (χ0) is 13.2. The molecule has 0 amide bonds. The van der Waals surface area contributed by atoms with Crippen LogP contribution in [0.4, 0.5) is 0 Å². The molecule has 2 nitrogen and oxygen atoms in total. The maximum atomic E-state index is 6.06. The number of ether oxygens (including phenoxy) is 1. The SMILES string of the molecule is CC(C)CCNCc1cccc2c1OC(C)(C)C2. The Morgan fingerprint density at radius 1 is 1.33 bits per heavy atom. The highest BCUT2D eigenvalue weighted by Crippen LogP contribution is 2.37. The van der Waals surface area contributed by atoms with E-state index in [0.717, 1.165) is 31.2 Å². The molecule has 1 aromatic carbocycles. The number of benzene rings is 1. The lowest BCUT2D eigenvalue weighted by atomic mass is 10.0. The van der Waals surface area contributed by atoms with Gasteiger partial charge in [0.1, 0.15) is 11.4 Å². The Morgan fingerprint density at radius 3 is 2.83 bits per heavy atom. The summed E-state index contributed by atoms with van der Waals surface area (Å²) in [5, 5.41) is 3.51. The Morgan fingerprint density at radius 2 is 2.11 bits per heavy atom. The average molecular weight is 247 g/mol. The van der Waals surface area contributed by atoms with Crippen molar-refractivity contribution in [2.45, 2.75) is 52.7 Å². The van der Waals surface area contributed by atoms with Crippen molar-refractivity contribution in [2.75, 3.05) is 6.54 Å². The lowest BCUT2D eigenvalue weighted by molar-refractivity contribution is 0.137. The van der Waals surface area contributed by atoms with Crippen molar-refractivity contribution in [1.29, 1.82) is 0 Å². The van der Waals surface area contributed by atoms with Crippen LogP contribution in [-0.4, -0.2) is 12.1 Å². The zero-order valence-corrected chi connectivity index (χ0v) is 12.0. The van der Waals surface area contributed by atoms with Crippen LogP contribution < -0.4 is 10.1 Å². The van der Waals surface area contributed by atoms with Crippen molar-refractivity contribution in [3.8, 4) is 5.75 Å². The minimum atomic E-state index is -0.0453. The molecule has 0 spiro atoms. The van der Waals surface area contributed by atoms with Gasteiger partial charge in [-0.1, -0.05) is 32.0 Å². The molecule has 0 atom stereocenters. The molecule has 100 valence electrons. The van der Waals surface area contributed by atoms with Gasteiger partial charge in [0.2, 0.25) is 0 Å². The highest BCUT2D eigenvalue weighted by molar-refractivity contribution is 5.45. The summed E-state index contributed by atoms with van der Waals surface area (Å²) < 4.78 is 6.06. The summed E-state index contributed by atoms with van der Waals surface area (Å²) in [6, 6.07) is 6.49. The molecule has 1 aliphatic heterocycles. The topological polar surface area (TPSA) is 21.3 Å². The molecule has 2 heteroatoms. The maximum Gasteiger partial charge on any atom is 0.127 e. The summed E-state index contributed by atoms with van der Waals surface area (Å²) in [6.45, 7) is 10.8. The summed E-state index contributed by atoms with van der Waals surface area (Å²) in [7, 11) is 0. The van der Waals surface area contributed by atoms with E-state index in [2.05, 4.69) is 51.2 Å². The van der Waals surface area contributed by atoms with E-state index in [-0.39, 0.29) is 5.60 Å². The molecule has 0 fully saturated rings. The first kappa shape index (κ1) is 13.4. The highest BCUT2D eigenvalue weighted by atomic mass is 16.5. The summed E-state index contributed by atoms with van der Waals surface area (Å²) in [6.07, 6.45) is 2.24. The Balaban J connectivity index is 1.97. The average Bonchev–Trinajstić information content (AvgIpc) is 2.58. The lowest BCUT2D eigenvalue weighted by Gasteiger charge is -2.18. The van der Waals surface area contributed by atoms with Gasteiger partial charge in [0.05, 0.1) is 0 Å². The van der Waals surface area contributed by atoms with Crippen molar-refractivity contribution in [1.82, 2.24) is 5.32 Å². The monoisotopic (exact) mass is 247 g/mol. The van der Waals surface area contributed by atoms with E-state index >= 15 is 0 Å². The van der Waals surface area contributed by atoms with Gasteiger partial charge in [-0.2, -0.15) is 0 Å². The largest absolute Gasteiger partial charge is 0.487 e. The van der Waals surface area contributed by atoms with Gasteiger partial charge < -0.3 is 10.1 Å². The minimum Gasteiger partial charge on any atom is -0.487 e. The Hall–Kier alpha value is -1.02. The van der Waals surface area contributed by atoms with Crippen LogP contribution >= 0.6 is 0 Å². The molecule has 1 aliphatic rings. The van der Waals surface area contributed by atoms with Crippen LogP contribution in [0.5, 0.6) is 5.75 Å². The molecule has 1 aromatic rings. The third kappa shape index (κ3) is 3.26. The first-order chi connectivity index (χ1) is 8.48. The second-order valence-electron chi connectivity index (χ2n) is 6.30. The summed E-state index contributed by atoms with van der Waals surface area (Å²) >= 11 is 0. The smallest absolute Gasteiger partial charge is 0.127 e. The van der Waals surface area contributed by atoms with E-state index in [0.29, 0.717) is 0 Å². The molecular formula is C16H25NO. The fraction of sp³-hybridized carbons (Fsp3) is 0.625. The van der Waals surface area contributed by atoms with E-state index < -0.39 is 0 Å². The number of hydrogen-bond donors (Lipinski definition) is 1. The molecule has 2 rings (SSSR count). The van der Waals surface area contributed by atoms with Gasteiger partial charge in [-0.25, -0.2) is 0 Å². The quantitative estimate of drug-likeness (QED) is 0.804. The third-order valence-electron chi connectivity index (χ3n) is 3.39. The van der Waals surface area contributed by atoms with Gasteiger partial charge >= 0.3 is 0 Å². The summed E-state index contributed by atoms with van der Waals surface area (Å²) in [5.74, 6) is 1.87. The van der Waals surface area contributed by atoms with Crippen molar-refractivity contribution in [3.05, 3.63) is 29.3 Å². The summed E-state index contributed by atoms with van der Waals surface area (Å²) in [4.78, 5) is 0. The molecule has 1 N–H and O–H groups in total. The van der Waals surface area contributed by atoms with Crippen LogP contribution in [0.1, 0.15) is 45.2 Å². The fourth-order valence-electron chi connectivity index (χ4n) is 2.43. The van der Waals surface area contributed by atoms with Gasteiger partial charge in [-0.05, 0) is 38.3 Å². The molecule has 0 saturated heterocycles. The van der Waals surface area contributed by atoms with Crippen LogP contribution in [0.3, 0.4) is 0 Å². The van der Waals surface area contributed by atoms with Crippen molar-refractivity contribution < 1.29 is 4.74 Å². The van der Waals surface area contributed by atoms with Crippen molar-refractivity contribution in [2.24, 2.45) is 5.92 Å². The van der Waals surface area contributed by atoms with Crippen LogP contribution in [0.25, 0.3) is 0 Å². The molecule has 0 aliphatic carbocycles. The Labute approximate surface area is 111 Å². The number of rotatable bonds is 5.